The average Bonchev–Trinajstić information content (AvgIpc) is 2.92. The summed E-state index contributed by atoms with van der Waals surface area (Å²) in [4.78, 5) is 0. The highest BCUT2D eigenvalue weighted by atomic mass is 16.5. The number of aromatic nitrogens is 2. The largest absolute Gasteiger partial charge is 0.494 e. The maximum absolute atomic E-state index is 9.04. The van der Waals surface area contributed by atoms with Crippen LogP contribution in [0.2, 0.25) is 0 Å². The van der Waals surface area contributed by atoms with Crippen LogP contribution in [0.3, 0.4) is 0 Å². The van der Waals surface area contributed by atoms with Gasteiger partial charge in [-0.15, -0.1) is 0 Å². The summed E-state index contributed by atoms with van der Waals surface area (Å²) >= 11 is 0. The zero-order valence-electron chi connectivity index (χ0n) is 15.0. The Bertz CT molecular complexity index is 834. The predicted octanol–water partition coefficient (Wildman–Crippen LogP) is 4.09. The molecule has 0 atom stereocenters. The lowest BCUT2D eigenvalue weighted by molar-refractivity contribution is 0.299. The first kappa shape index (κ1) is 17.2. The lowest BCUT2D eigenvalue weighted by Gasteiger charge is -2.08. The van der Waals surface area contributed by atoms with E-state index in [9.17, 15) is 0 Å². The van der Waals surface area contributed by atoms with Gasteiger partial charge in [0.15, 0.2) is 0 Å². The van der Waals surface area contributed by atoms with Gasteiger partial charge in [-0.3, -0.25) is 0 Å². The number of aliphatic hydroxyl groups excluding tert-OH is 1. The maximum atomic E-state index is 9.04. The fourth-order valence-corrected chi connectivity index (χ4v) is 3.13. The second-order valence-corrected chi connectivity index (χ2v) is 6.06. The van der Waals surface area contributed by atoms with Crippen LogP contribution in [-0.2, 0) is 6.42 Å². The molecule has 4 heteroatoms. The minimum atomic E-state index is 0.168. The van der Waals surface area contributed by atoms with Crippen molar-refractivity contribution in [1.82, 2.24) is 9.78 Å². The Morgan fingerprint density at radius 1 is 1.00 bits per heavy atom. The van der Waals surface area contributed by atoms with Gasteiger partial charge >= 0.3 is 0 Å². The first-order chi connectivity index (χ1) is 12.1. The summed E-state index contributed by atoms with van der Waals surface area (Å²) < 4.78 is 7.50. The van der Waals surface area contributed by atoms with Gasteiger partial charge in [-0.2, -0.15) is 5.10 Å². The Morgan fingerprint density at radius 2 is 1.68 bits per heavy atom. The highest BCUT2D eigenvalue weighted by Gasteiger charge is 2.14. The van der Waals surface area contributed by atoms with E-state index in [1.807, 2.05) is 54.9 Å². The van der Waals surface area contributed by atoms with E-state index in [-0.39, 0.29) is 6.61 Å². The number of ether oxygens (including phenoxy) is 1. The normalized spacial score (nSPS) is 10.9. The topological polar surface area (TPSA) is 47.3 Å². The van der Waals surface area contributed by atoms with Crippen molar-refractivity contribution in [2.45, 2.75) is 27.2 Å². The van der Waals surface area contributed by atoms with Gasteiger partial charge in [-0.25, -0.2) is 4.68 Å². The monoisotopic (exact) mass is 336 g/mol. The van der Waals surface area contributed by atoms with Crippen molar-refractivity contribution < 1.29 is 9.84 Å². The van der Waals surface area contributed by atoms with E-state index in [1.165, 1.54) is 0 Å². The molecule has 4 nitrogen and oxygen atoms in total. The van der Waals surface area contributed by atoms with Crippen LogP contribution < -0.4 is 4.74 Å². The predicted molar refractivity (Wildman–Crippen MR) is 100 cm³/mol. The molecule has 1 heterocycles. The summed E-state index contributed by atoms with van der Waals surface area (Å²) in [5.41, 5.74) is 6.56. The fourth-order valence-electron chi connectivity index (χ4n) is 3.13. The molecule has 0 radical (unpaired) electrons. The Hall–Kier alpha value is -2.59. The smallest absolute Gasteiger partial charge is 0.119 e. The number of nitrogens with zero attached hydrogens (tertiary/aromatic N) is 2. The van der Waals surface area contributed by atoms with Gasteiger partial charge in [0.2, 0.25) is 0 Å². The van der Waals surface area contributed by atoms with Crippen LogP contribution in [0.1, 0.15) is 23.9 Å². The van der Waals surface area contributed by atoms with E-state index in [1.54, 1.807) is 0 Å². The SMILES string of the molecule is CCOc1ccc(-c2c(C)nn(-c3ccc(CCO)cc3)c2C)cc1. The van der Waals surface area contributed by atoms with Gasteiger partial charge < -0.3 is 9.84 Å². The highest BCUT2D eigenvalue weighted by Crippen LogP contribution is 2.30. The van der Waals surface area contributed by atoms with Crippen molar-refractivity contribution in [3.63, 3.8) is 0 Å². The van der Waals surface area contributed by atoms with Crippen molar-refractivity contribution in [2.75, 3.05) is 13.2 Å². The second-order valence-electron chi connectivity index (χ2n) is 6.06. The molecule has 0 saturated heterocycles. The molecule has 3 aromatic rings. The van der Waals surface area contributed by atoms with Gasteiger partial charge in [0.1, 0.15) is 5.75 Å². The van der Waals surface area contributed by atoms with Crippen molar-refractivity contribution in [3.05, 3.63) is 65.5 Å². The van der Waals surface area contributed by atoms with E-state index in [0.29, 0.717) is 13.0 Å². The van der Waals surface area contributed by atoms with Crippen LogP contribution in [0.4, 0.5) is 0 Å². The molecule has 0 unspecified atom stereocenters. The van der Waals surface area contributed by atoms with E-state index < -0.39 is 0 Å². The summed E-state index contributed by atoms with van der Waals surface area (Å²) in [5, 5.41) is 13.8. The third kappa shape index (κ3) is 3.59. The van der Waals surface area contributed by atoms with E-state index in [4.69, 9.17) is 14.9 Å². The summed E-state index contributed by atoms with van der Waals surface area (Å²) in [6, 6.07) is 16.3. The van der Waals surface area contributed by atoms with Crippen LogP contribution in [-0.4, -0.2) is 28.1 Å². The number of aliphatic hydroxyl groups is 1. The Kier molecular flexibility index (Phi) is 5.19. The number of benzene rings is 2. The summed E-state index contributed by atoms with van der Waals surface area (Å²) in [7, 11) is 0. The van der Waals surface area contributed by atoms with Gasteiger partial charge in [-0.05, 0) is 62.6 Å². The second kappa shape index (κ2) is 7.53. The lowest BCUT2D eigenvalue weighted by atomic mass is 10.0. The van der Waals surface area contributed by atoms with Gasteiger partial charge in [0, 0.05) is 17.9 Å². The average molecular weight is 336 g/mol. The lowest BCUT2D eigenvalue weighted by Crippen LogP contribution is -2.00. The highest BCUT2D eigenvalue weighted by molar-refractivity contribution is 5.69. The molecule has 130 valence electrons. The molecular weight excluding hydrogens is 312 g/mol. The molecule has 25 heavy (non-hydrogen) atoms. The van der Waals surface area contributed by atoms with Crippen LogP contribution in [0, 0.1) is 13.8 Å². The molecule has 0 aliphatic rings. The minimum Gasteiger partial charge on any atom is -0.494 e. The molecule has 0 amide bonds. The van der Waals surface area contributed by atoms with Crippen LogP contribution >= 0.6 is 0 Å². The van der Waals surface area contributed by atoms with Crippen LogP contribution in [0.15, 0.2) is 48.5 Å². The molecule has 0 aliphatic carbocycles. The van der Waals surface area contributed by atoms with Crippen molar-refractivity contribution >= 4 is 0 Å². The van der Waals surface area contributed by atoms with Crippen molar-refractivity contribution in [1.29, 1.82) is 0 Å². The standard InChI is InChI=1S/C21H24N2O2/c1-4-25-20-11-7-18(8-12-20)21-15(2)22-23(16(21)3)19-9-5-17(6-10-19)13-14-24/h5-12,24H,4,13-14H2,1-3H3. The quantitative estimate of drug-likeness (QED) is 0.737. The molecule has 2 aromatic carbocycles. The summed E-state index contributed by atoms with van der Waals surface area (Å²) in [5.74, 6) is 0.883. The molecule has 1 N–H and O–H groups in total. The van der Waals surface area contributed by atoms with Crippen molar-refractivity contribution in [3.8, 4) is 22.6 Å². The molecule has 0 saturated carbocycles. The molecule has 0 bridgehead atoms. The molecule has 0 fully saturated rings. The number of aryl methyl sites for hydroxylation is 1. The summed E-state index contributed by atoms with van der Waals surface area (Å²) in [6.07, 6.45) is 0.675. The van der Waals surface area contributed by atoms with Gasteiger partial charge in [-0.1, -0.05) is 24.3 Å². The third-order valence-electron chi connectivity index (χ3n) is 4.33. The Balaban J connectivity index is 1.95. The zero-order chi connectivity index (χ0) is 17.8. The third-order valence-corrected chi connectivity index (χ3v) is 4.33. The first-order valence-electron chi connectivity index (χ1n) is 8.63. The number of rotatable bonds is 6. The van der Waals surface area contributed by atoms with E-state index >= 15 is 0 Å². The first-order valence-corrected chi connectivity index (χ1v) is 8.63. The van der Waals surface area contributed by atoms with E-state index in [0.717, 1.165) is 39.5 Å². The molecule has 0 aliphatic heterocycles. The number of hydrogen-bond acceptors (Lipinski definition) is 3. The number of hydrogen-bond donors (Lipinski definition) is 1. The maximum Gasteiger partial charge on any atom is 0.119 e. The fraction of sp³-hybridized carbons (Fsp3) is 0.286. The van der Waals surface area contributed by atoms with Gasteiger partial charge in [0.05, 0.1) is 18.0 Å². The van der Waals surface area contributed by atoms with Crippen molar-refractivity contribution in [2.24, 2.45) is 0 Å². The van der Waals surface area contributed by atoms with Gasteiger partial charge in [0.25, 0.3) is 0 Å². The molecule has 3 rings (SSSR count). The minimum absolute atomic E-state index is 0.168. The van der Waals surface area contributed by atoms with Crippen LogP contribution in [0.25, 0.3) is 16.8 Å². The molecule has 1 aromatic heterocycles. The molecule has 0 spiro atoms. The Labute approximate surface area is 148 Å². The molecular formula is C21H24N2O2. The zero-order valence-corrected chi connectivity index (χ0v) is 15.0. The summed E-state index contributed by atoms with van der Waals surface area (Å²) in [6.45, 7) is 6.95. The van der Waals surface area contributed by atoms with E-state index in [2.05, 4.69) is 19.1 Å². The Morgan fingerprint density at radius 3 is 2.28 bits per heavy atom. The van der Waals surface area contributed by atoms with Crippen LogP contribution in [0.5, 0.6) is 5.75 Å².